The number of esters is 1. The van der Waals surface area contributed by atoms with Gasteiger partial charge in [-0.2, -0.15) is 0 Å². The maximum atomic E-state index is 12.3. The summed E-state index contributed by atoms with van der Waals surface area (Å²) in [7, 11) is 2.12. The van der Waals surface area contributed by atoms with Crippen molar-refractivity contribution in [3.05, 3.63) is 65.7 Å². The number of nitrogens with two attached hydrogens (primary N) is 1. The maximum absolute atomic E-state index is 12.3. The van der Waals surface area contributed by atoms with Gasteiger partial charge >= 0.3 is 35.5 Å². The molecule has 0 aromatic heterocycles. The standard InChI is InChI=1S/C25H32N2O3.Na.H/c1-18(28)30-23-11-7-10-21(16-23)25(2)12-13-27(3)17-22(25)15-20(24(26)29)14-19-8-5-4-6-9-19;;/h4-11,16,20,22H,12-15,17H2,1-3H3,(H2,26,29);;/t20-,22?,25?;;/m1../s1. The predicted molar refractivity (Wildman–Crippen MR) is 125 cm³/mol. The fourth-order valence-electron chi connectivity index (χ4n) is 4.63. The van der Waals surface area contributed by atoms with E-state index in [1.807, 2.05) is 42.5 Å². The Kier molecular flexibility index (Phi) is 9.31. The number of primary amides is 1. The Labute approximate surface area is 207 Å². The average Bonchev–Trinajstić information content (AvgIpc) is 2.70. The van der Waals surface area contributed by atoms with Crippen molar-refractivity contribution in [2.24, 2.45) is 17.6 Å². The molecule has 3 atom stereocenters. The van der Waals surface area contributed by atoms with E-state index < -0.39 is 0 Å². The van der Waals surface area contributed by atoms with E-state index in [2.05, 4.69) is 24.9 Å². The molecule has 2 N–H and O–H groups in total. The second kappa shape index (κ2) is 11.3. The minimum atomic E-state index is -0.325. The first-order valence-corrected chi connectivity index (χ1v) is 10.6. The number of hydrogen-bond acceptors (Lipinski definition) is 4. The Morgan fingerprint density at radius 1 is 1.19 bits per heavy atom. The van der Waals surface area contributed by atoms with Gasteiger partial charge in [0, 0.05) is 19.4 Å². The van der Waals surface area contributed by atoms with Crippen molar-refractivity contribution in [2.75, 3.05) is 20.1 Å². The number of benzene rings is 2. The molecule has 6 heteroatoms. The third kappa shape index (κ3) is 6.66. The van der Waals surface area contributed by atoms with Crippen LogP contribution in [0.2, 0.25) is 0 Å². The van der Waals surface area contributed by atoms with Crippen molar-refractivity contribution >= 4 is 41.4 Å². The summed E-state index contributed by atoms with van der Waals surface area (Å²) >= 11 is 0. The summed E-state index contributed by atoms with van der Waals surface area (Å²) in [5, 5.41) is 0. The Balaban J connectivity index is 0.00000341. The topological polar surface area (TPSA) is 72.6 Å². The number of carbonyl (C=O) groups is 2. The summed E-state index contributed by atoms with van der Waals surface area (Å²) in [6.07, 6.45) is 2.34. The van der Waals surface area contributed by atoms with Crippen LogP contribution >= 0.6 is 0 Å². The molecule has 1 saturated heterocycles. The Hall–Kier alpha value is -1.66. The van der Waals surface area contributed by atoms with Crippen molar-refractivity contribution in [2.45, 2.75) is 38.5 Å². The first-order chi connectivity index (χ1) is 14.3. The van der Waals surface area contributed by atoms with Crippen LogP contribution < -0.4 is 10.5 Å². The van der Waals surface area contributed by atoms with Gasteiger partial charge in [0.25, 0.3) is 0 Å². The molecule has 0 radical (unpaired) electrons. The van der Waals surface area contributed by atoms with Crippen molar-refractivity contribution in [1.82, 2.24) is 4.90 Å². The molecule has 162 valence electrons. The van der Waals surface area contributed by atoms with Crippen molar-refractivity contribution in [3.63, 3.8) is 0 Å². The number of rotatable bonds is 7. The van der Waals surface area contributed by atoms with E-state index >= 15 is 0 Å². The molecule has 1 amide bonds. The van der Waals surface area contributed by atoms with Crippen LogP contribution in [-0.2, 0) is 21.4 Å². The average molecular weight is 433 g/mol. The normalized spacial score (nSPS) is 22.2. The first kappa shape index (κ1) is 25.6. The van der Waals surface area contributed by atoms with Crippen LogP contribution in [0, 0.1) is 11.8 Å². The van der Waals surface area contributed by atoms with Crippen molar-refractivity contribution in [3.8, 4) is 5.75 Å². The number of carbonyl (C=O) groups excluding carboxylic acids is 2. The number of amides is 1. The monoisotopic (exact) mass is 432 g/mol. The summed E-state index contributed by atoms with van der Waals surface area (Å²) in [6, 6.07) is 17.9. The Morgan fingerprint density at radius 2 is 1.90 bits per heavy atom. The number of piperidine rings is 1. The zero-order valence-corrected chi connectivity index (χ0v) is 18.1. The van der Waals surface area contributed by atoms with E-state index in [1.54, 1.807) is 6.07 Å². The molecule has 1 fully saturated rings. The summed E-state index contributed by atoms with van der Waals surface area (Å²) in [5.41, 5.74) is 7.97. The zero-order valence-electron chi connectivity index (χ0n) is 18.1. The second-order valence-corrected chi connectivity index (χ2v) is 8.77. The molecule has 2 aromatic carbocycles. The molecule has 5 nitrogen and oxygen atoms in total. The molecule has 0 spiro atoms. The van der Waals surface area contributed by atoms with Crippen molar-refractivity contribution < 1.29 is 14.3 Å². The third-order valence-electron chi connectivity index (χ3n) is 6.50. The fourth-order valence-corrected chi connectivity index (χ4v) is 4.63. The molecule has 0 aliphatic carbocycles. The zero-order chi connectivity index (χ0) is 21.7. The van der Waals surface area contributed by atoms with Crippen LogP contribution in [0.1, 0.15) is 37.8 Å². The molecule has 0 bridgehead atoms. The third-order valence-corrected chi connectivity index (χ3v) is 6.50. The quantitative estimate of drug-likeness (QED) is 0.415. The number of hydrogen-bond donors (Lipinski definition) is 1. The molecule has 2 aromatic rings. The molecule has 1 aliphatic heterocycles. The number of ether oxygens (including phenoxy) is 1. The van der Waals surface area contributed by atoms with Crippen LogP contribution in [0.3, 0.4) is 0 Å². The summed E-state index contributed by atoms with van der Waals surface area (Å²) in [6.45, 7) is 5.55. The van der Waals surface area contributed by atoms with Gasteiger partial charge in [-0.25, -0.2) is 0 Å². The molecule has 2 unspecified atom stereocenters. The van der Waals surface area contributed by atoms with Crippen molar-refractivity contribution in [1.29, 1.82) is 0 Å². The van der Waals surface area contributed by atoms with Gasteiger partial charge in [0.2, 0.25) is 5.91 Å². The van der Waals surface area contributed by atoms with Gasteiger partial charge in [-0.05, 0) is 67.4 Å². The van der Waals surface area contributed by atoms with E-state index in [1.165, 1.54) is 6.92 Å². The number of nitrogens with zero attached hydrogens (tertiary/aromatic N) is 1. The van der Waals surface area contributed by atoms with Gasteiger partial charge < -0.3 is 15.4 Å². The Bertz CT molecular complexity index is 889. The van der Waals surface area contributed by atoms with Crippen LogP contribution in [0.25, 0.3) is 0 Å². The van der Waals surface area contributed by atoms with Crippen LogP contribution in [0.5, 0.6) is 5.75 Å². The molecule has 1 aliphatic rings. The van der Waals surface area contributed by atoms with Gasteiger partial charge in [0.05, 0.1) is 0 Å². The van der Waals surface area contributed by atoms with Gasteiger partial charge in [-0.15, -0.1) is 0 Å². The molecule has 1 heterocycles. The van der Waals surface area contributed by atoms with E-state index in [-0.39, 0.29) is 58.7 Å². The SMILES string of the molecule is CC(=O)Oc1cccc(C2(C)CCN(C)CC2C[C@@H](Cc2ccccc2)C(N)=O)c1.[NaH]. The van der Waals surface area contributed by atoms with Gasteiger partial charge in [-0.1, -0.05) is 49.4 Å². The molecule has 3 rings (SSSR count). The van der Waals surface area contributed by atoms with Crippen LogP contribution in [0.4, 0.5) is 0 Å². The second-order valence-electron chi connectivity index (χ2n) is 8.77. The molecular formula is C25H33N2NaO3. The van der Waals surface area contributed by atoms with Crippen LogP contribution in [0.15, 0.2) is 54.6 Å². The minimum absolute atomic E-state index is 0. The summed E-state index contributed by atoms with van der Waals surface area (Å²) in [5.74, 6) is 0.0246. The number of likely N-dealkylation sites (tertiary alicyclic amines) is 1. The van der Waals surface area contributed by atoms with E-state index in [0.29, 0.717) is 12.2 Å². The first-order valence-electron chi connectivity index (χ1n) is 10.6. The molecule has 31 heavy (non-hydrogen) atoms. The van der Waals surface area contributed by atoms with E-state index in [9.17, 15) is 9.59 Å². The predicted octanol–water partition coefficient (Wildman–Crippen LogP) is 2.91. The van der Waals surface area contributed by atoms with Crippen LogP contribution in [-0.4, -0.2) is 66.5 Å². The summed E-state index contributed by atoms with van der Waals surface area (Å²) < 4.78 is 5.32. The Morgan fingerprint density at radius 3 is 2.55 bits per heavy atom. The van der Waals surface area contributed by atoms with E-state index in [4.69, 9.17) is 10.5 Å². The molecular weight excluding hydrogens is 399 g/mol. The van der Waals surface area contributed by atoms with Gasteiger partial charge in [0.15, 0.2) is 0 Å². The van der Waals surface area contributed by atoms with Gasteiger partial charge in [-0.3, -0.25) is 9.59 Å². The van der Waals surface area contributed by atoms with E-state index in [0.717, 1.165) is 37.1 Å². The summed E-state index contributed by atoms with van der Waals surface area (Å²) in [4.78, 5) is 26.1. The fraction of sp³-hybridized carbons (Fsp3) is 0.440. The molecule has 0 saturated carbocycles. The van der Waals surface area contributed by atoms with Gasteiger partial charge in [0.1, 0.15) is 5.75 Å².